The minimum atomic E-state index is -0.171. The quantitative estimate of drug-likeness (QED) is 0.266. The number of benzene rings is 3. The molecule has 0 bridgehead atoms. The van der Waals surface area contributed by atoms with E-state index >= 15 is 0 Å². The number of urea groups is 1. The number of rotatable bonds is 5. The molecule has 1 aliphatic carbocycles. The van der Waals surface area contributed by atoms with Gasteiger partial charge in [-0.05, 0) is 42.5 Å². The summed E-state index contributed by atoms with van der Waals surface area (Å²) in [6.45, 7) is 0. The highest BCUT2D eigenvalue weighted by atomic mass is 79.9. The number of nitrogens with one attached hydrogen (secondary N) is 1. The van der Waals surface area contributed by atoms with Crippen LogP contribution < -0.4 is 10.2 Å². The van der Waals surface area contributed by atoms with Crippen molar-refractivity contribution in [1.82, 2.24) is 0 Å². The molecule has 0 radical (unpaired) electrons. The minimum absolute atomic E-state index is 0.0500. The Morgan fingerprint density at radius 1 is 0.971 bits per heavy atom. The molecule has 4 nitrogen and oxygen atoms in total. The second kappa shape index (κ2) is 10.3. The lowest BCUT2D eigenvalue weighted by Crippen LogP contribution is -2.49. The maximum atomic E-state index is 13.5. The third-order valence-electron chi connectivity index (χ3n) is 5.58. The van der Waals surface area contributed by atoms with E-state index in [1.807, 2.05) is 83.8 Å². The monoisotopic (exact) mass is 548 g/mol. The highest BCUT2D eigenvalue weighted by Gasteiger charge is 2.36. The largest absolute Gasteiger partial charge is 0.326 e. The number of nitrogens with zero attached hydrogens (tertiary/aromatic N) is 1. The Bertz CT molecular complexity index is 1290. The van der Waals surface area contributed by atoms with E-state index in [0.29, 0.717) is 17.0 Å². The van der Waals surface area contributed by atoms with Gasteiger partial charge in [0.1, 0.15) is 0 Å². The molecule has 5 rings (SSSR count). The number of carbonyl (C=O) groups excluding carboxylic acids is 2. The zero-order valence-electron chi connectivity index (χ0n) is 18.1. The molecule has 2 unspecified atom stereocenters. The summed E-state index contributed by atoms with van der Waals surface area (Å²) >= 11 is 6.63. The molecule has 0 spiro atoms. The number of allylic oxidation sites excluding steroid dienone is 2. The van der Waals surface area contributed by atoms with E-state index in [1.54, 1.807) is 11.8 Å². The van der Waals surface area contributed by atoms with Crippen LogP contribution in [0.1, 0.15) is 10.4 Å². The summed E-state index contributed by atoms with van der Waals surface area (Å²) < 4.78 is 0.945. The van der Waals surface area contributed by atoms with Gasteiger partial charge in [0.05, 0.1) is 22.7 Å². The molecule has 0 aromatic heterocycles. The van der Waals surface area contributed by atoms with Gasteiger partial charge < -0.3 is 5.32 Å². The van der Waals surface area contributed by atoms with Crippen LogP contribution in [0.5, 0.6) is 0 Å². The summed E-state index contributed by atoms with van der Waals surface area (Å²) in [6.07, 6.45) is 8.25. The SMILES string of the molecule is O=C(CSc1cccc(NC(=O)N2c3ccccc3SC3C=CC=CC32)c1)c1ccc(Br)cc1. The molecule has 1 heterocycles. The predicted molar refractivity (Wildman–Crippen MR) is 145 cm³/mol. The van der Waals surface area contributed by atoms with Gasteiger partial charge in [0.15, 0.2) is 5.78 Å². The van der Waals surface area contributed by atoms with Crippen LogP contribution in [0.4, 0.5) is 16.2 Å². The Labute approximate surface area is 215 Å². The Morgan fingerprint density at radius 2 is 1.76 bits per heavy atom. The number of halogens is 1. The lowest BCUT2D eigenvalue weighted by atomic mass is 10.1. The molecule has 2 aliphatic rings. The van der Waals surface area contributed by atoms with E-state index in [1.165, 1.54) is 11.8 Å². The summed E-state index contributed by atoms with van der Waals surface area (Å²) in [5.41, 5.74) is 2.30. The van der Waals surface area contributed by atoms with Gasteiger partial charge in [0.2, 0.25) is 0 Å². The molecule has 3 aromatic carbocycles. The lowest BCUT2D eigenvalue weighted by Gasteiger charge is -2.40. The first-order valence-corrected chi connectivity index (χ1v) is 13.5. The van der Waals surface area contributed by atoms with E-state index in [-0.39, 0.29) is 23.1 Å². The summed E-state index contributed by atoms with van der Waals surface area (Å²) in [5.74, 6) is 0.397. The van der Waals surface area contributed by atoms with Crippen molar-refractivity contribution < 1.29 is 9.59 Å². The Hall–Kier alpha value is -2.74. The summed E-state index contributed by atoms with van der Waals surface area (Å²) in [5, 5.41) is 3.25. The van der Waals surface area contributed by atoms with Crippen molar-refractivity contribution in [3.05, 3.63) is 107 Å². The summed E-state index contributed by atoms with van der Waals surface area (Å²) in [7, 11) is 0. The number of thioether (sulfide) groups is 2. The van der Waals surface area contributed by atoms with Crippen molar-refractivity contribution in [3.63, 3.8) is 0 Å². The molecule has 1 aliphatic heterocycles. The maximum absolute atomic E-state index is 13.5. The van der Waals surface area contributed by atoms with Crippen molar-refractivity contribution in [1.29, 1.82) is 0 Å². The topological polar surface area (TPSA) is 49.4 Å². The second-order valence-corrected chi connectivity index (χ2v) is 11.0. The Kier molecular flexibility index (Phi) is 6.94. The number of fused-ring (bicyclic) bond motifs is 2. The zero-order valence-corrected chi connectivity index (χ0v) is 21.3. The molecule has 34 heavy (non-hydrogen) atoms. The second-order valence-electron chi connectivity index (χ2n) is 7.86. The molecular weight excluding hydrogens is 528 g/mol. The van der Waals surface area contributed by atoms with Crippen molar-refractivity contribution in [2.75, 3.05) is 16.0 Å². The number of ketones is 1. The van der Waals surface area contributed by atoms with Gasteiger partial charge in [-0.15, -0.1) is 23.5 Å². The van der Waals surface area contributed by atoms with Gasteiger partial charge in [-0.2, -0.15) is 0 Å². The first-order chi connectivity index (χ1) is 16.6. The van der Waals surface area contributed by atoms with Crippen LogP contribution in [0, 0.1) is 0 Å². The highest BCUT2D eigenvalue weighted by Crippen LogP contribution is 2.43. The fourth-order valence-corrected chi connectivity index (χ4v) is 6.31. The van der Waals surface area contributed by atoms with Crippen LogP contribution in [-0.4, -0.2) is 28.9 Å². The van der Waals surface area contributed by atoms with Gasteiger partial charge in [-0.3, -0.25) is 9.69 Å². The number of carbonyl (C=O) groups is 2. The number of Topliss-reactive ketones (excluding diaryl/α,β-unsaturated/α-hetero) is 1. The fourth-order valence-electron chi connectivity index (χ4n) is 3.94. The zero-order chi connectivity index (χ0) is 23.5. The van der Waals surface area contributed by atoms with Crippen molar-refractivity contribution in [2.45, 2.75) is 21.1 Å². The molecule has 0 saturated carbocycles. The average molecular weight is 550 g/mol. The lowest BCUT2D eigenvalue weighted by molar-refractivity contribution is 0.102. The van der Waals surface area contributed by atoms with E-state index in [0.717, 1.165) is 20.0 Å². The molecule has 7 heteroatoms. The van der Waals surface area contributed by atoms with Crippen LogP contribution in [0.3, 0.4) is 0 Å². The van der Waals surface area contributed by atoms with Crippen LogP contribution in [0.15, 0.2) is 111 Å². The molecule has 3 aromatic rings. The standard InChI is InChI=1S/C27H21BrN2O2S2/c28-19-14-12-18(13-15-19)24(31)17-33-21-7-5-6-20(16-21)29-27(32)30-22-8-1-3-10-25(22)34-26-11-4-2-9-23(26)30/h1-16,22,25H,17H2,(H,29,32). The maximum Gasteiger partial charge on any atom is 0.326 e. The van der Waals surface area contributed by atoms with Gasteiger partial charge in [0, 0.05) is 25.5 Å². The van der Waals surface area contributed by atoms with Crippen molar-refractivity contribution in [3.8, 4) is 0 Å². The van der Waals surface area contributed by atoms with Crippen LogP contribution in [0.2, 0.25) is 0 Å². The number of amides is 2. The Morgan fingerprint density at radius 3 is 2.62 bits per heavy atom. The van der Waals surface area contributed by atoms with Gasteiger partial charge >= 0.3 is 6.03 Å². The minimum Gasteiger partial charge on any atom is -0.307 e. The third kappa shape index (κ3) is 5.02. The van der Waals surface area contributed by atoms with Crippen LogP contribution >= 0.6 is 39.5 Å². The van der Waals surface area contributed by atoms with Crippen LogP contribution in [0.25, 0.3) is 0 Å². The Balaban J connectivity index is 1.30. The first kappa shape index (κ1) is 23.0. The van der Waals surface area contributed by atoms with Gasteiger partial charge in [0.25, 0.3) is 0 Å². The molecule has 0 fully saturated rings. The van der Waals surface area contributed by atoms with Crippen LogP contribution in [-0.2, 0) is 0 Å². The fraction of sp³-hybridized carbons (Fsp3) is 0.111. The molecule has 170 valence electrons. The van der Waals surface area contributed by atoms with E-state index in [4.69, 9.17) is 0 Å². The third-order valence-corrected chi connectivity index (χ3v) is 8.41. The van der Waals surface area contributed by atoms with Gasteiger partial charge in [-0.25, -0.2) is 4.79 Å². The smallest absolute Gasteiger partial charge is 0.307 e. The van der Waals surface area contributed by atoms with E-state index in [2.05, 4.69) is 39.5 Å². The molecule has 0 saturated heterocycles. The number of hydrogen-bond donors (Lipinski definition) is 1. The van der Waals surface area contributed by atoms with Crippen molar-refractivity contribution >= 4 is 62.6 Å². The summed E-state index contributed by atoms with van der Waals surface area (Å²) in [4.78, 5) is 29.8. The first-order valence-electron chi connectivity index (χ1n) is 10.8. The normalized spacial score (nSPS) is 18.2. The van der Waals surface area contributed by atoms with Crippen molar-refractivity contribution in [2.24, 2.45) is 0 Å². The number of hydrogen-bond acceptors (Lipinski definition) is 4. The predicted octanol–water partition coefficient (Wildman–Crippen LogP) is 7.43. The van der Waals surface area contributed by atoms with Gasteiger partial charge in [-0.1, -0.05) is 70.6 Å². The van der Waals surface area contributed by atoms with E-state index in [9.17, 15) is 9.59 Å². The number of para-hydroxylation sites is 1. The average Bonchev–Trinajstić information content (AvgIpc) is 2.86. The molecule has 1 N–H and O–H groups in total. The van der Waals surface area contributed by atoms with E-state index < -0.39 is 0 Å². The molecular formula is C27H21BrN2O2S2. The summed E-state index contributed by atoms with van der Waals surface area (Å²) in [6, 6.07) is 22.8. The number of anilines is 2. The molecule has 2 amide bonds. The highest BCUT2D eigenvalue weighted by molar-refractivity contribution is 9.10. The molecule has 2 atom stereocenters.